The molecule has 1 aliphatic heterocycles. The molecule has 0 aromatic rings. The molecular formula is C8H9NO. The number of hydrogen-bond donors (Lipinski definition) is 0. The second-order valence-electron chi connectivity index (χ2n) is 2.44. The smallest absolute Gasteiger partial charge is 0.140 e. The van der Waals surface area contributed by atoms with Crippen molar-refractivity contribution in [2.75, 3.05) is 0 Å². The van der Waals surface area contributed by atoms with E-state index < -0.39 is 0 Å². The Balaban J connectivity index is 2.27. The monoisotopic (exact) mass is 135 g/mol. The van der Waals surface area contributed by atoms with Crippen molar-refractivity contribution in [1.82, 2.24) is 0 Å². The van der Waals surface area contributed by atoms with E-state index in [2.05, 4.69) is 11.1 Å². The molecule has 1 heterocycles. The van der Waals surface area contributed by atoms with Gasteiger partial charge in [-0.05, 0) is 18.9 Å². The second kappa shape index (κ2) is 2.29. The van der Waals surface area contributed by atoms with Crippen molar-refractivity contribution < 1.29 is 4.74 Å². The lowest BCUT2D eigenvalue weighted by atomic mass is 10.0. The SMILES string of the molecule is C1=CC2=NC=COC2CC1. The van der Waals surface area contributed by atoms with Gasteiger partial charge in [0.15, 0.2) is 0 Å². The van der Waals surface area contributed by atoms with E-state index in [0.29, 0.717) is 0 Å². The summed E-state index contributed by atoms with van der Waals surface area (Å²) in [5, 5.41) is 0. The molecule has 52 valence electrons. The molecule has 0 spiro atoms. The van der Waals surface area contributed by atoms with Gasteiger partial charge in [0.2, 0.25) is 0 Å². The van der Waals surface area contributed by atoms with Crippen molar-refractivity contribution in [2.45, 2.75) is 18.9 Å². The van der Waals surface area contributed by atoms with Crippen LogP contribution in [-0.2, 0) is 4.74 Å². The lowest BCUT2D eigenvalue weighted by molar-refractivity contribution is 0.189. The van der Waals surface area contributed by atoms with E-state index in [1.165, 1.54) is 0 Å². The first kappa shape index (κ1) is 5.71. The van der Waals surface area contributed by atoms with Crippen molar-refractivity contribution >= 4 is 5.71 Å². The van der Waals surface area contributed by atoms with Crippen LogP contribution in [0.4, 0.5) is 0 Å². The van der Waals surface area contributed by atoms with E-state index >= 15 is 0 Å². The van der Waals surface area contributed by atoms with Crippen LogP contribution in [0, 0.1) is 0 Å². The highest BCUT2D eigenvalue weighted by molar-refractivity contribution is 6.00. The molecule has 2 aliphatic rings. The van der Waals surface area contributed by atoms with Crippen molar-refractivity contribution in [2.24, 2.45) is 4.99 Å². The first-order valence-electron chi connectivity index (χ1n) is 3.51. The Morgan fingerprint density at radius 1 is 1.60 bits per heavy atom. The first-order valence-corrected chi connectivity index (χ1v) is 3.51. The Bertz CT molecular complexity index is 215. The van der Waals surface area contributed by atoms with Gasteiger partial charge >= 0.3 is 0 Å². The minimum absolute atomic E-state index is 0.231. The highest BCUT2D eigenvalue weighted by atomic mass is 16.5. The molecule has 0 aromatic heterocycles. The molecule has 0 saturated heterocycles. The molecule has 0 N–H and O–H groups in total. The Morgan fingerprint density at radius 3 is 3.50 bits per heavy atom. The van der Waals surface area contributed by atoms with E-state index in [4.69, 9.17) is 4.74 Å². The fraction of sp³-hybridized carbons (Fsp3) is 0.375. The summed E-state index contributed by atoms with van der Waals surface area (Å²) in [7, 11) is 0. The third-order valence-corrected chi connectivity index (χ3v) is 1.74. The summed E-state index contributed by atoms with van der Waals surface area (Å²) in [6.07, 6.45) is 9.94. The fourth-order valence-corrected chi connectivity index (χ4v) is 1.22. The number of allylic oxidation sites excluding steroid dienone is 1. The number of hydrogen-bond acceptors (Lipinski definition) is 2. The lowest BCUT2D eigenvalue weighted by Crippen LogP contribution is -2.24. The molecule has 2 nitrogen and oxygen atoms in total. The third kappa shape index (κ3) is 0.856. The molecule has 10 heavy (non-hydrogen) atoms. The van der Waals surface area contributed by atoms with Gasteiger partial charge in [0.05, 0.1) is 11.9 Å². The molecule has 0 radical (unpaired) electrons. The maximum atomic E-state index is 5.32. The van der Waals surface area contributed by atoms with Gasteiger partial charge in [-0.1, -0.05) is 6.08 Å². The van der Waals surface area contributed by atoms with Crippen molar-refractivity contribution in [3.8, 4) is 0 Å². The maximum Gasteiger partial charge on any atom is 0.140 e. The molecule has 0 aromatic carbocycles. The summed E-state index contributed by atoms with van der Waals surface area (Å²) in [5.74, 6) is 0. The molecule has 1 atom stereocenters. The van der Waals surface area contributed by atoms with Crippen LogP contribution < -0.4 is 0 Å². The van der Waals surface area contributed by atoms with Crippen LogP contribution >= 0.6 is 0 Å². The number of nitrogens with zero attached hydrogens (tertiary/aromatic N) is 1. The summed E-state index contributed by atoms with van der Waals surface area (Å²) < 4.78 is 5.32. The van der Waals surface area contributed by atoms with Gasteiger partial charge in [-0.15, -0.1) is 0 Å². The summed E-state index contributed by atoms with van der Waals surface area (Å²) >= 11 is 0. The molecule has 0 saturated carbocycles. The summed E-state index contributed by atoms with van der Waals surface area (Å²) in [5.41, 5.74) is 1.06. The van der Waals surface area contributed by atoms with E-state index in [9.17, 15) is 0 Å². The Morgan fingerprint density at radius 2 is 2.60 bits per heavy atom. The molecule has 0 bridgehead atoms. The zero-order valence-electron chi connectivity index (χ0n) is 5.66. The fourth-order valence-electron chi connectivity index (χ4n) is 1.22. The predicted octanol–water partition coefficient (Wildman–Crippen LogP) is 1.65. The zero-order valence-corrected chi connectivity index (χ0v) is 5.66. The van der Waals surface area contributed by atoms with E-state index in [0.717, 1.165) is 18.6 Å². The topological polar surface area (TPSA) is 21.6 Å². The highest BCUT2D eigenvalue weighted by Gasteiger charge is 2.17. The van der Waals surface area contributed by atoms with Gasteiger partial charge in [-0.3, -0.25) is 4.99 Å². The van der Waals surface area contributed by atoms with Crippen molar-refractivity contribution in [3.63, 3.8) is 0 Å². The van der Waals surface area contributed by atoms with Crippen LogP contribution in [0.1, 0.15) is 12.8 Å². The number of rotatable bonds is 0. The minimum Gasteiger partial charge on any atom is -0.490 e. The summed E-state index contributed by atoms with van der Waals surface area (Å²) in [6, 6.07) is 0. The molecule has 0 amide bonds. The first-order chi connectivity index (χ1) is 4.97. The second-order valence-corrected chi connectivity index (χ2v) is 2.44. The molecule has 2 heteroatoms. The predicted molar refractivity (Wildman–Crippen MR) is 39.8 cm³/mol. The van der Waals surface area contributed by atoms with Crippen LogP contribution in [0.3, 0.4) is 0 Å². The average molecular weight is 135 g/mol. The number of ether oxygens (including phenoxy) is 1. The highest BCUT2D eigenvalue weighted by Crippen LogP contribution is 2.15. The normalized spacial score (nSPS) is 28.8. The largest absolute Gasteiger partial charge is 0.490 e. The molecular weight excluding hydrogens is 126 g/mol. The van der Waals surface area contributed by atoms with Gasteiger partial charge in [-0.2, -0.15) is 0 Å². The zero-order chi connectivity index (χ0) is 6.81. The lowest BCUT2D eigenvalue weighted by Gasteiger charge is -2.21. The van der Waals surface area contributed by atoms with Crippen LogP contribution in [0.15, 0.2) is 29.6 Å². The summed E-state index contributed by atoms with van der Waals surface area (Å²) in [6.45, 7) is 0. The van der Waals surface area contributed by atoms with Gasteiger partial charge in [0, 0.05) is 0 Å². The molecule has 1 unspecified atom stereocenters. The van der Waals surface area contributed by atoms with Crippen LogP contribution in [-0.4, -0.2) is 11.8 Å². The van der Waals surface area contributed by atoms with E-state index in [-0.39, 0.29) is 6.10 Å². The average Bonchev–Trinajstić information content (AvgIpc) is 2.05. The Labute approximate surface area is 59.9 Å². The van der Waals surface area contributed by atoms with Crippen LogP contribution in [0.25, 0.3) is 0 Å². The Hall–Kier alpha value is -1.05. The maximum absolute atomic E-state index is 5.32. The summed E-state index contributed by atoms with van der Waals surface area (Å²) in [4.78, 5) is 4.18. The molecule has 2 rings (SSSR count). The number of fused-ring (bicyclic) bond motifs is 1. The van der Waals surface area contributed by atoms with Crippen LogP contribution in [0.2, 0.25) is 0 Å². The third-order valence-electron chi connectivity index (χ3n) is 1.74. The van der Waals surface area contributed by atoms with Gasteiger partial charge in [-0.25, -0.2) is 0 Å². The standard InChI is InChI=1S/C8H9NO/c1-2-4-8-7(3-1)9-5-6-10-8/h1,3,5-6,8H,2,4H2. The Kier molecular flexibility index (Phi) is 1.31. The van der Waals surface area contributed by atoms with Gasteiger partial charge < -0.3 is 4.74 Å². The minimum atomic E-state index is 0.231. The van der Waals surface area contributed by atoms with Crippen molar-refractivity contribution in [1.29, 1.82) is 0 Å². The van der Waals surface area contributed by atoms with E-state index in [1.807, 2.05) is 6.08 Å². The number of aliphatic imine (C=N–C) groups is 1. The van der Waals surface area contributed by atoms with Crippen LogP contribution in [0.5, 0.6) is 0 Å². The molecule has 0 fully saturated rings. The van der Waals surface area contributed by atoms with Gasteiger partial charge in [0.1, 0.15) is 12.4 Å². The quantitative estimate of drug-likeness (QED) is 0.495. The molecule has 1 aliphatic carbocycles. The van der Waals surface area contributed by atoms with E-state index in [1.54, 1.807) is 12.5 Å². The van der Waals surface area contributed by atoms with Gasteiger partial charge in [0.25, 0.3) is 0 Å². The van der Waals surface area contributed by atoms with Crippen molar-refractivity contribution in [3.05, 3.63) is 24.6 Å².